The molecule has 0 saturated carbocycles. The number of carbonyl (C=O) groups excluding carboxylic acids is 1. The lowest BCUT2D eigenvalue weighted by Crippen LogP contribution is -2.45. The molecule has 2 aliphatic heterocycles. The smallest absolute Gasteiger partial charge is 0.274 e. The summed E-state index contributed by atoms with van der Waals surface area (Å²) in [6.45, 7) is 4.96. The van der Waals surface area contributed by atoms with Crippen LogP contribution in [0.4, 0.5) is 11.4 Å². The minimum absolute atomic E-state index is 0.258. The molecule has 2 saturated heterocycles. The van der Waals surface area contributed by atoms with E-state index in [0.717, 1.165) is 37.2 Å². The molecule has 7 heteroatoms. The van der Waals surface area contributed by atoms with Crippen LogP contribution in [0.2, 0.25) is 5.02 Å². The molecule has 4 rings (SSSR count). The molecule has 2 aromatic rings. The summed E-state index contributed by atoms with van der Waals surface area (Å²) >= 11 is 6.10. The third kappa shape index (κ3) is 3.93. The zero-order valence-electron chi connectivity index (χ0n) is 15.2. The fourth-order valence-corrected chi connectivity index (χ4v) is 3.65. The minimum atomic E-state index is -0.390. The first-order chi connectivity index (χ1) is 13.0. The van der Waals surface area contributed by atoms with Gasteiger partial charge in [0.15, 0.2) is 5.79 Å². The van der Waals surface area contributed by atoms with Crippen LogP contribution in [-0.2, 0) is 9.47 Å². The van der Waals surface area contributed by atoms with Crippen LogP contribution in [0.5, 0.6) is 0 Å². The molecule has 0 unspecified atom stereocenters. The summed E-state index contributed by atoms with van der Waals surface area (Å²) in [5, 5.41) is 3.45. The maximum atomic E-state index is 12.4. The van der Waals surface area contributed by atoms with Crippen LogP contribution in [0, 0.1) is 6.92 Å². The molecule has 2 fully saturated rings. The standard InChI is InChI=1S/C20H22ClN3O3/c1-14-2-3-15(12-17(14)21)23-19(25)18-5-4-16(13-22-18)24-8-6-20(7-9-24)26-10-11-27-20/h2-5,12-13H,6-11H2,1H3,(H,23,25). The third-order valence-corrected chi connectivity index (χ3v) is 5.52. The van der Waals surface area contributed by atoms with Crippen LogP contribution in [0.15, 0.2) is 36.5 Å². The highest BCUT2D eigenvalue weighted by Gasteiger charge is 2.39. The molecule has 0 bridgehead atoms. The Morgan fingerprint density at radius 2 is 1.93 bits per heavy atom. The van der Waals surface area contributed by atoms with Gasteiger partial charge >= 0.3 is 0 Å². The van der Waals surface area contributed by atoms with Gasteiger partial charge in [-0.1, -0.05) is 17.7 Å². The Hall–Kier alpha value is -2.15. The van der Waals surface area contributed by atoms with Crippen molar-refractivity contribution in [1.29, 1.82) is 0 Å². The van der Waals surface area contributed by atoms with Crippen molar-refractivity contribution in [2.24, 2.45) is 0 Å². The number of carbonyl (C=O) groups is 1. The molecule has 1 N–H and O–H groups in total. The molecule has 0 aliphatic carbocycles. The molecule has 1 amide bonds. The quantitative estimate of drug-likeness (QED) is 0.871. The van der Waals surface area contributed by atoms with E-state index in [9.17, 15) is 4.79 Å². The van der Waals surface area contributed by atoms with Gasteiger partial charge in [0.1, 0.15) is 5.69 Å². The summed E-state index contributed by atoms with van der Waals surface area (Å²) in [4.78, 5) is 19.0. The predicted molar refractivity (Wildman–Crippen MR) is 104 cm³/mol. The van der Waals surface area contributed by atoms with Crippen LogP contribution < -0.4 is 10.2 Å². The molecule has 0 radical (unpaired) electrons. The number of nitrogens with zero attached hydrogens (tertiary/aromatic N) is 2. The number of halogens is 1. The van der Waals surface area contributed by atoms with E-state index in [1.165, 1.54) is 0 Å². The third-order valence-electron chi connectivity index (χ3n) is 5.11. The van der Waals surface area contributed by atoms with E-state index in [4.69, 9.17) is 21.1 Å². The summed E-state index contributed by atoms with van der Waals surface area (Å²) in [7, 11) is 0. The van der Waals surface area contributed by atoms with Crippen LogP contribution in [0.3, 0.4) is 0 Å². The highest BCUT2D eigenvalue weighted by Crippen LogP contribution is 2.33. The topological polar surface area (TPSA) is 63.7 Å². The predicted octanol–water partition coefficient (Wildman–Crippen LogP) is 3.64. The number of rotatable bonds is 3. The number of pyridine rings is 1. The number of nitrogens with one attached hydrogen (secondary N) is 1. The summed E-state index contributed by atoms with van der Waals surface area (Å²) < 4.78 is 11.5. The van der Waals surface area contributed by atoms with Gasteiger partial charge in [-0.3, -0.25) is 4.79 Å². The van der Waals surface area contributed by atoms with E-state index in [0.29, 0.717) is 29.6 Å². The van der Waals surface area contributed by atoms with Gasteiger partial charge in [-0.25, -0.2) is 4.98 Å². The van der Waals surface area contributed by atoms with Gasteiger partial charge in [0, 0.05) is 36.6 Å². The van der Waals surface area contributed by atoms with Crippen molar-refractivity contribution in [3.05, 3.63) is 52.8 Å². The van der Waals surface area contributed by atoms with E-state index in [1.54, 1.807) is 18.3 Å². The molecule has 1 aromatic carbocycles. The first kappa shape index (κ1) is 18.2. The Bertz CT molecular complexity index is 825. The highest BCUT2D eigenvalue weighted by atomic mass is 35.5. The fraction of sp³-hybridized carbons (Fsp3) is 0.400. The number of benzene rings is 1. The Labute approximate surface area is 163 Å². The molecule has 6 nitrogen and oxygen atoms in total. The van der Waals surface area contributed by atoms with E-state index in [-0.39, 0.29) is 11.7 Å². The largest absolute Gasteiger partial charge is 0.370 e. The molecule has 3 heterocycles. The van der Waals surface area contributed by atoms with Crippen molar-refractivity contribution >= 4 is 28.9 Å². The van der Waals surface area contributed by atoms with Crippen molar-refractivity contribution in [3.8, 4) is 0 Å². The van der Waals surface area contributed by atoms with Gasteiger partial charge in [0.05, 0.1) is 25.1 Å². The molecule has 0 atom stereocenters. The number of aromatic nitrogens is 1. The van der Waals surface area contributed by atoms with Crippen molar-refractivity contribution in [2.45, 2.75) is 25.6 Å². The molecule has 1 aromatic heterocycles. The Balaban J connectivity index is 1.38. The Morgan fingerprint density at radius 1 is 1.19 bits per heavy atom. The van der Waals surface area contributed by atoms with Crippen LogP contribution >= 0.6 is 11.6 Å². The minimum Gasteiger partial charge on any atom is -0.370 e. The summed E-state index contributed by atoms with van der Waals surface area (Å²) in [5.74, 6) is -0.647. The zero-order chi connectivity index (χ0) is 18.9. The molecule has 2 aliphatic rings. The molecular formula is C20H22ClN3O3. The van der Waals surface area contributed by atoms with E-state index in [2.05, 4.69) is 15.2 Å². The normalized spacial score (nSPS) is 18.7. The van der Waals surface area contributed by atoms with Gasteiger partial charge in [-0.2, -0.15) is 0 Å². The summed E-state index contributed by atoms with van der Waals surface area (Å²) in [5.41, 5.74) is 2.98. The number of piperidine rings is 1. The molecular weight excluding hydrogens is 366 g/mol. The zero-order valence-corrected chi connectivity index (χ0v) is 16.0. The maximum absolute atomic E-state index is 12.4. The van der Waals surface area contributed by atoms with Gasteiger partial charge in [-0.05, 0) is 36.8 Å². The van der Waals surface area contributed by atoms with Gasteiger partial charge in [-0.15, -0.1) is 0 Å². The molecule has 142 valence electrons. The number of anilines is 2. The van der Waals surface area contributed by atoms with Crippen LogP contribution in [0.1, 0.15) is 28.9 Å². The second-order valence-electron chi connectivity index (χ2n) is 6.91. The second kappa shape index (κ2) is 7.46. The van der Waals surface area contributed by atoms with Crippen molar-refractivity contribution in [1.82, 2.24) is 4.98 Å². The van der Waals surface area contributed by atoms with Crippen molar-refractivity contribution < 1.29 is 14.3 Å². The Kier molecular flexibility index (Phi) is 5.04. The average Bonchev–Trinajstić information content (AvgIpc) is 3.13. The first-order valence-corrected chi connectivity index (χ1v) is 9.49. The lowest BCUT2D eigenvalue weighted by Gasteiger charge is -2.38. The van der Waals surface area contributed by atoms with Gasteiger partial charge in [0.25, 0.3) is 5.91 Å². The average molecular weight is 388 g/mol. The monoisotopic (exact) mass is 387 g/mol. The van der Waals surface area contributed by atoms with E-state index >= 15 is 0 Å². The lowest BCUT2D eigenvalue weighted by atomic mass is 10.0. The SMILES string of the molecule is Cc1ccc(NC(=O)c2ccc(N3CCC4(CC3)OCCO4)cn2)cc1Cl. The number of ether oxygens (including phenoxy) is 2. The molecule has 1 spiro atoms. The lowest BCUT2D eigenvalue weighted by molar-refractivity contribution is -0.169. The van der Waals surface area contributed by atoms with Gasteiger partial charge in [0.2, 0.25) is 0 Å². The number of amides is 1. The number of hydrogen-bond donors (Lipinski definition) is 1. The van der Waals surface area contributed by atoms with E-state index < -0.39 is 0 Å². The van der Waals surface area contributed by atoms with Crippen LogP contribution in [-0.4, -0.2) is 43.0 Å². The highest BCUT2D eigenvalue weighted by molar-refractivity contribution is 6.31. The Morgan fingerprint density at radius 3 is 2.56 bits per heavy atom. The number of hydrogen-bond acceptors (Lipinski definition) is 5. The first-order valence-electron chi connectivity index (χ1n) is 9.11. The second-order valence-corrected chi connectivity index (χ2v) is 7.32. The maximum Gasteiger partial charge on any atom is 0.274 e. The van der Waals surface area contributed by atoms with Crippen molar-refractivity contribution in [2.75, 3.05) is 36.5 Å². The fourth-order valence-electron chi connectivity index (χ4n) is 3.46. The van der Waals surface area contributed by atoms with Crippen LogP contribution in [0.25, 0.3) is 0 Å². The van der Waals surface area contributed by atoms with E-state index in [1.807, 2.05) is 25.1 Å². The molecule has 27 heavy (non-hydrogen) atoms. The van der Waals surface area contributed by atoms with Gasteiger partial charge < -0.3 is 19.7 Å². The summed E-state index contributed by atoms with van der Waals surface area (Å²) in [6, 6.07) is 9.10. The summed E-state index contributed by atoms with van der Waals surface area (Å²) in [6.07, 6.45) is 3.41. The van der Waals surface area contributed by atoms with Crippen molar-refractivity contribution in [3.63, 3.8) is 0 Å². The number of aryl methyl sites for hydroxylation is 1.